The molecule has 0 saturated carbocycles. The summed E-state index contributed by atoms with van der Waals surface area (Å²) >= 11 is 11.8. The quantitative estimate of drug-likeness (QED) is 0.350. The van der Waals surface area contributed by atoms with Gasteiger partial charge in [-0.15, -0.1) is 0 Å². The number of phenols is 2. The predicted molar refractivity (Wildman–Crippen MR) is 100 cm³/mol. The molecule has 0 aliphatic carbocycles. The van der Waals surface area contributed by atoms with Crippen LogP contribution in [0.1, 0.15) is 22.8 Å². The molecule has 2 rings (SSSR count). The molecule has 0 fully saturated rings. The average Bonchev–Trinajstić information content (AvgIpc) is 2.60. The minimum Gasteiger partial charge on any atom is -0.507 e. The van der Waals surface area contributed by atoms with Gasteiger partial charge in [0.15, 0.2) is 5.75 Å². The first-order valence-electron chi connectivity index (χ1n) is 7.91. The van der Waals surface area contributed by atoms with Gasteiger partial charge in [-0.05, 0) is 36.8 Å². The van der Waals surface area contributed by atoms with Crippen LogP contribution in [0, 0.1) is 0 Å². The number of aromatic hydroxyl groups is 2. The van der Waals surface area contributed by atoms with Crippen molar-refractivity contribution in [3.8, 4) is 11.5 Å². The second-order valence-electron chi connectivity index (χ2n) is 5.32. The Balaban J connectivity index is 2.00. The smallest absolute Gasteiger partial charge is 0.341 e. The van der Waals surface area contributed by atoms with Gasteiger partial charge in [-0.3, -0.25) is 0 Å². The Hall–Kier alpha value is -2.15. The number of halogens is 2. The zero-order valence-electron chi connectivity index (χ0n) is 14.1. The van der Waals surface area contributed by atoms with Crippen LogP contribution < -0.4 is 5.32 Å². The van der Waals surface area contributed by atoms with Crippen molar-refractivity contribution in [2.24, 2.45) is 0 Å². The molecule has 0 aliphatic heterocycles. The molecule has 140 valence electrons. The van der Waals surface area contributed by atoms with Crippen molar-refractivity contribution in [1.29, 1.82) is 0 Å². The molecule has 8 heteroatoms. The van der Waals surface area contributed by atoms with Crippen LogP contribution in [0.4, 0.5) is 5.69 Å². The lowest BCUT2D eigenvalue weighted by atomic mass is 10.1. The van der Waals surface area contributed by atoms with Crippen LogP contribution in [0.3, 0.4) is 0 Å². The van der Waals surface area contributed by atoms with Crippen LogP contribution in [-0.4, -0.2) is 36.0 Å². The molecule has 0 amide bonds. The lowest BCUT2D eigenvalue weighted by molar-refractivity contribution is 0.0332. The zero-order chi connectivity index (χ0) is 19.1. The van der Waals surface area contributed by atoms with Crippen LogP contribution in [0.2, 0.25) is 10.0 Å². The normalized spacial score (nSPS) is 10.6. The molecule has 0 heterocycles. The first-order chi connectivity index (χ1) is 12.4. The van der Waals surface area contributed by atoms with Gasteiger partial charge in [-0.25, -0.2) is 4.79 Å². The largest absolute Gasteiger partial charge is 0.507 e. The first kappa shape index (κ1) is 20.2. The van der Waals surface area contributed by atoms with Gasteiger partial charge >= 0.3 is 5.97 Å². The van der Waals surface area contributed by atoms with Crippen molar-refractivity contribution in [2.75, 3.05) is 25.1 Å². The number of rotatable bonds is 8. The highest BCUT2D eigenvalue weighted by atomic mass is 35.5. The minimum atomic E-state index is -0.624. The summed E-state index contributed by atoms with van der Waals surface area (Å²) in [5.74, 6) is -0.935. The van der Waals surface area contributed by atoms with Crippen LogP contribution in [-0.2, 0) is 16.0 Å². The molecule has 26 heavy (non-hydrogen) atoms. The number of esters is 1. The van der Waals surface area contributed by atoms with Gasteiger partial charge in [0.1, 0.15) is 17.9 Å². The molecule has 0 unspecified atom stereocenters. The Bertz CT molecular complexity index is 782. The van der Waals surface area contributed by atoms with E-state index in [-0.39, 0.29) is 35.2 Å². The van der Waals surface area contributed by atoms with Gasteiger partial charge in [0.05, 0.1) is 17.3 Å². The summed E-state index contributed by atoms with van der Waals surface area (Å²) < 4.78 is 10.1. The SMILES string of the molecule is CCOCCOC(=O)c1ccc(CNc2cc(Cl)cc(Cl)c2O)cc1O. The summed E-state index contributed by atoms with van der Waals surface area (Å²) in [6.07, 6.45) is 0. The Labute approximate surface area is 161 Å². The lowest BCUT2D eigenvalue weighted by Gasteiger charge is -2.12. The summed E-state index contributed by atoms with van der Waals surface area (Å²) in [7, 11) is 0. The Morgan fingerprint density at radius 3 is 2.62 bits per heavy atom. The van der Waals surface area contributed by atoms with Crippen molar-refractivity contribution in [3.05, 3.63) is 51.5 Å². The molecule has 0 spiro atoms. The van der Waals surface area contributed by atoms with E-state index in [1.165, 1.54) is 24.3 Å². The molecule has 0 bridgehead atoms. The van der Waals surface area contributed by atoms with E-state index in [4.69, 9.17) is 32.7 Å². The topological polar surface area (TPSA) is 88.0 Å². The third kappa shape index (κ3) is 5.42. The van der Waals surface area contributed by atoms with Crippen LogP contribution in [0.5, 0.6) is 11.5 Å². The van der Waals surface area contributed by atoms with Crippen LogP contribution >= 0.6 is 23.2 Å². The monoisotopic (exact) mass is 399 g/mol. The van der Waals surface area contributed by atoms with E-state index in [9.17, 15) is 15.0 Å². The maximum atomic E-state index is 11.9. The molecular weight excluding hydrogens is 381 g/mol. The van der Waals surface area contributed by atoms with Crippen LogP contribution in [0.15, 0.2) is 30.3 Å². The number of nitrogens with one attached hydrogen (secondary N) is 1. The zero-order valence-corrected chi connectivity index (χ0v) is 15.6. The average molecular weight is 400 g/mol. The van der Waals surface area contributed by atoms with Gasteiger partial charge in [-0.2, -0.15) is 0 Å². The number of carbonyl (C=O) groups excluding carboxylic acids is 1. The van der Waals surface area contributed by atoms with E-state index in [0.717, 1.165) is 0 Å². The van der Waals surface area contributed by atoms with Crippen molar-refractivity contribution < 1.29 is 24.5 Å². The first-order valence-corrected chi connectivity index (χ1v) is 8.66. The second kappa shape index (κ2) is 9.52. The third-order valence-electron chi connectivity index (χ3n) is 3.46. The fraction of sp³-hybridized carbons (Fsp3) is 0.278. The highest BCUT2D eigenvalue weighted by Gasteiger charge is 2.14. The van der Waals surface area contributed by atoms with Gasteiger partial charge in [-0.1, -0.05) is 29.3 Å². The van der Waals surface area contributed by atoms with Gasteiger partial charge in [0.25, 0.3) is 0 Å². The molecular formula is C18H19Cl2NO5. The second-order valence-corrected chi connectivity index (χ2v) is 6.17. The number of carbonyl (C=O) groups is 1. The summed E-state index contributed by atoms with van der Waals surface area (Å²) in [6, 6.07) is 7.54. The maximum Gasteiger partial charge on any atom is 0.341 e. The maximum absolute atomic E-state index is 11.9. The Morgan fingerprint density at radius 2 is 1.92 bits per heavy atom. The molecule has 2 aromatic carbocycles. The summed E-state index contributed by atoms with van der Waals surface area (Å²) in [5, 5.41) is 23.5. The fourth-order valence-electron chi connectivity index (χ4n) is 2.17. The molecule has 0 atom stereocenters. The van der Waals surface area contributed by atoms with Crippen LogP contribution in [0.25, 0.3) is 0 Å². The van der Waals surface area contributed by atoms with E-state index >= 15 is 0 Å². The van der Waals surface area contributed by atoms with Gasteiger partial charge in [0, 0.05) is 18.2 Å². The van der Waals surface area contributed by atoms with Crippen molar-refractivity contribution in [2.45, 2.75) is 13.5 Å². The molecule has 0 radical (unpaired) electrons. The number of ether oxygens (including phenoxy) is 2. The van der Waals surface area contributed by atoms with E-state index < -0.39 is 5.97 Å². The molecule has 0 saturated heterocycles. The fourth-order valence-corrected chi connectivity index (χ4v) is 2.67. The van der Waals surface area contributed by atoms with Gasteiger partial charge < -0.3 is 25.0 Å². The highest BCUT2D eigenvalue weighted by molar-refractivity contribution is 6.36. The Morgan fingerprint density at radius 1 is 1.15 bits per heavy atom. The van der Waals surface area contributed by atoms with Crippen molar-refractivity contribution in [3.63, 3.8) is 0 Å². The molecule has 0 aromatic heterocycles. The Kier molecular flexibility index (Phi) is 7.38. The summed E-state index contributed by atoms with van der Waals surface area (Å²) in [6.45, 7) is 3.08. The minimum absolute atomic E-state index is 0.0684. The number of anilines is 1. The van der Waals surface area contributed by atoms with E-state index in [1.807, 2.05) is 6.92 Å². The number of phenolic OH excluding ortho intramolecular Hbond substituents is 2. The van der Waals surface area contributed by atoms with E-state index in [0.29, 0.717) is 29.5 Å². The van der Waals surface area contributed by atoms with Crippen molar-refractivity contribution >= 4 is 34.9 Å². The molecule has 6 nitrogen and oxygen atoms in total. The van der Waals surface area contributed by atoms with Crippen molar-refractivity contribution in [1.82, 2.24) is 0 Å². The van der Waals surface area contributed by atoms with Gasteiger partial charge in [0.2, 0.25) is 0 Å². The predicted octanol–water partition coefficient (Wildman–Crippen LogP) is 4.21. The standard InChI is InChI=1S/C18H19Cl2NO5/c1-2-25-5-6-26-18(24)13-4-3-11(7-16(13)22)10-21-15-9-12(19)8-14(20)17(15)23/h3-4,7-9,21-23H,2,5-6,10H2,1H3. The van der Waals surface area contributed by atoms with E-state index in [1.54, 1.807) is 6.07 Å². The summed E-state index contributed by atoms with van der Waals surface area (Å²) in [5.41, 5.74) is 1.11. The number of benzene rings is 2. The molecule has 3 N–H and O–H groups in total. The third-order valence-corrected chi connectivity index (χ3v) is 3.96. The number of hydrogen-bond acceptors (Lipinski definition) is 6. The molecule has 0 aliphatic rings. The highest BCUT2D eigenvalue weighted by Crippen LogP contribution is 2.35. The van der Waals surface area contributed by atoms with E-state index in [2.05, 4.69) is 5.32 Å². The molecule has 2 aromatic rings. The summed E-state index contributed by atoms with van der Waals surface area (Å²) in [4.78, 5) is 11.9. The number of hydrogen-bond donors (Lipinski definition) is 3. The lowest BCUT2D eigenvalue weighted by Crippen LogP contribution is -2.11.